The Balaban J connectivity index is 2.23. The molecular weight excluding hydrogens is 268 g/mol. The molecule has 0 aliphatic carbocycles. The maximum atomic E-state index is 12.8. The Bertz CT molecular complexity index is 437. The van der Waals surface area contributed by atoms with Crippen molar-refractivity contribution in [2.75, 3.05) is 12.0 Å². The molecule has 4 heteroatoms. The van der Waals surface area contributed by atoms with Crippen LogP contribution < -0.4 is 5.32 Å². The first kappa shape index (κ1) is 15.4. The Hall–Kier alpha value is -1.00. The smallest absolute Gasteiger partial charge is 0.245 e. The number of hydrogen-bond acceptors (Lipinski definition) is 3. The van der Waals surface area contributed by atoms with Crippen LogP contribution in [0.4, 0.5) is 0 Å². The number of amides is 1. The lowest BCUT2D eigenvalue weighted by atomic mass is 10.1. The van der Waals surface area contributed by atoms with Gasteiger partial charge < -0.3 is 4.90 Å². The van der Waals surface area contributed by atoms with Crippen LogP contribution in [0.3, 0.4) is 0 Å². The maximum absolute atomic E-state index is 12.8. The van der Waals surface area contributed by atoms with Gasteiger partial charge in [-0.3, -0.25) is 10.1 Å². The van der Waals surface area contributed by atoms with Crippen LogP contribution in [0.2, 0.25) is 0 Å². The average Bonchev–Trinajstić information content (AvgIpc) is 2.82. The highest BCUT2D eigenvalue weighted by Crippen LogP contribution is 2.28. The maximum Gasteiger partial charge on any atom is 0.245 e. The molecule has 3 nitrogen and oxygen atoms in total. The molecule has 0 saturated carbocycles. The van der Waals surface area contributed by atoms with E-state index in [1.54, 1.807) is 0 Å². The monoisotopic (exact) mass is 292 g/mol. The zero-order chi connectivity index (χ0) is 14.5. The first-order valence-electron chi connectivity index (χ1n) is 7.35. The number of hydrogen-bond donors (Lipinski definition) is 1. The normalized spacial score (nSPS) is 24.1. The van der Waals surface area contributed by atoms with Gasteiger partial charge in [-0.25, -0.2) is 0 Å². The number of thioether (sulfide) groups is 1. The molecule has 1 aromatic carbocycles. The molecule has 1 saturated heterocycles. The first-order valence-corrected chi connectivity index (χ1v) is 8.74. The molecule has 1 fully saturated rings. The molecule has 3 atom stereocenters. The summed E-state index contributed by atoms with van der Waals surface area (Å²) < 4.78 is 0. The largest absolute Gasteiger partial charge is 0.322 e. The van der Waals surface area contributed by atoms with Crippen molar-refractivity contribution in [2.45, 2.75) is 44.9 Å². The topological polar surface area (TPSA) is 32.3 Å². The van der Waals surface area contributed by atoms with Gasteiger partial charge >= 0.3 is 0 Å². The summed E-state index contributed by atoms with van der Waals surface area (Å²) in [5.74, 6) is 1.23. The number of carbonyl (C=O) groups is 1. The minimum Gasteiger partial charge on any atom is -0.322 e. The minimum absolute atomic E-state index is 0.157. The van der Waals surface area contributed by atoms with E-state index in [4.69, 9.17) is 0 Å². The molecule has 1 heterocycles. The fourth-order valence-electron chi connectivity index (χ4n) is 2.87. The van der Waals surface area contributed by atoms with E-state index in [-0.39, 0.29) is 18.1 Å². The van der Waals surface area contributed by atoms with Crippen LogP contribution in [0.25, 0.3) is 0 Å². The van der Waals surface area contributed by atoms with Crippen molar-refractivity contribution >= 4 is 17.7 Å². The molecule has 1 aromatic rings. The number of nitrogens with one attached hydrogen (secondary N) is 1. The van der Waals surface area contributed by atoms with Crippen LogP contribution in [0.5, 0.6) is 0 Å². The van der Waals surface area contributed by atoms with Crippen LogP contribution in [-0.4, -0.2) is 35.0 Å². The highest BCUT2D eigenvalue weighted by Gasteiger charge is 2.41. The molecule has 1 aliphatic heterocycles. The van der Waals surface area contributed by atoms with Crippen molar-refractivity contribution in [1.29, 1.82) is 0 Å². The predicted molar refractivity (Wildman–Crippen MR) is 85.7 cm³/mol. The zero-order valence-corrected chi connectivity index (χ0v) is 13.3. The summed E-state index contributed by atoms with van der Waals surface area (Å²) in [7, 11) is 0. The fraction of sp³-hybridized carbons (Fsp3) is 0.562. The van der Waals surface area contributed by atoms with Crippen LogP contribution in [0.1, 0.15) is 38.3 Å². The van der Waals surface area contributed by atoms with E-state index < -0.39 is 0 Å². The summed E-state index contributed by atoms with van der Waals surface area (Å²) in [4.78, 5) is 14.9. The van der Waals surface area contributed by atoms with E-state index in [1.807, 2.05) is 42.1 Å². The number of benzene rings is 1. The van der Waals surface area contributed by atoms with Gasteiger partial charge in [0.2, 0.25) is 5.91 Å². The molecule has 0 bridgehead atoms. The standard InChI is InChI=1S/C16H24N2OS/c1-4-13(11-20-3)18-14(5-2)17-15(16(18)19)12-9-7-6-8-10-12/h6-10,13-15,17H,4-5,11H2,1-3H3. The third-order valence-corrected chi connectivity index (χ3v) is 4.66. The second kappa shape index (κ2) is 7.14. The van der Waals surface area contributed by atoms with Gasteiger partial charge in [-0.2, -0.15) is 11.8 Å². The molecular formula is C16H24N2OS. The Kier molecular flexibility index (Phi) is 5.49. The molecule has 0 aromatic heterocycles. The first-order chi connectivity index (χ1) is 9.72. The SMILES string of the molecule is CCC(CSC)N1C(=O)C(c2ccccc2)NC1CC. The van der Waals surface area contributed by atoms with E-state index in [0.717, 1.165) is 24.2 Å². The van der Waals surface area contributed by atoms with Crippen LogP contribution in [0, 0.1) is 0 Å². The van der Waals surface area contributed by atoms with Gasteiger partial charge in [0.05, 0.1) is 6.17 Å². The van der Waals surface area contributed by atoms with Gasteiger partial charge in [-0.1, -0.05) is 44.2 Å². The number of rotatable bonds is 6. The summed E-state index contributed by atoms with van der Waals surface area (Å²) in [6.07, 6.45) is 4.21. The van der Waals surface area contributed by atoms with Gasteiger partial charge in [-0.15, -0.1) is 0 Å². The average molecular weight is 292 g/mol. The second-order valence-corrected chi connectivity index (χ2v) is 6.11. The lowest BCUT2D eigenvalue weighted by Crippen LogP contribution is -2.45. The summed E-state index contributed by atoms with van der Waals surface area (Å²) >= 11 is 1.81. The summed E-state index contributed by atoms with van der Waals surface area (Å²) in [5.41, 5.74) is 1.07. The van der Waals surface area contributed by atoms with Crippen LogP contribution in [0.15, 0.2) is 30.3 Å². The molecule has 0 spiro atoms. The quantitative estimate of drug-likeness (QED) is 0.874. The Morgan fingerprint density at radius 2 is 2.00 bits per heavy atom. The predicted octanol–water partition coefficient (Wildman–Crippen LogP) is 3.04. The van der Waals surface area contributed by atoms with E-state index in [9.17, 15) is 4.79 Å². The van der Waals surface area contributed by atoms with Crippen LogP contribution in [-0.2, 0) is 4.79 Å². The van der Waals surface area contributed by atoms with Gasteiger partial charge in [0.25, 0.3) is 0 Å². The molecule has 110 valence electrons. The van der Waals surface area contributed by atoms with Crippen molar-refractivity contribution in [3.05, 3.63) is 35.9 Å². The lowest BCUT2D eigenvalue weighted by molar-refractivity contribution is -0.132. The van der Waals surface area contributed by atoms with Gasteiger partial charge in [0, 0.05) is 11.8 Å². The van der Waals surface area contributed by atoms with Gasteiger partial charge in [0.15, 0.2) is 0 Å². The highest BCUT2D eigenvalue weighted by molar-refractivity contribution is 7.98. The third-order valence-electron chi connectivity index (χ3n) is 3.94. The highest BCUT2D eigenvalue weighted by atomic mass is 32.2. The Labute approximate surface area is 126 Å². The summed E-state index contributed by atoms with van der Waals surface area (Å²) in [6, 6.07) is 10.2. The van der Waals surface area contributed by atoms with Gasteiger partial charge in [0.1, 0.15) is 6.04 Å². The third kappa shape index (κ3) is 3.01. The molecule has 1 N–H and O–H groups in total. The molecule has 20 heavy (non-hydrogen) atoms. The fourth-order valence-corrected chi connectivity index (χ4v) is 3.65. The second-order valence-electron chi connectivity index (χ2n) is 5.20. The van der Waals surface area contributed by atoms with Crippen molar-refractivity contribution < 1.29 is 4.79 Å². The van der Waals surface area contributed by atoms with Gasteiger partial charge in [-0.05, 0) is 24.7 Å². The minimum atomic E-state index is -0.183. The van der Waals surface area contributed by atoms with Crippen molar-refractivity contribution in [1.82, 2.24) is 10.2 Å². The van der Waals surface area contributed by atoms with Crippen LogP contribution >= 0.6 is 11.8 Å². The van der Waals surface area contributed by atoms with E-state index in [2.05, 4.69) is 30.3 Å². The van der Waals surface area contributed by atoms with Crippen molar-refractivity contribution in [3.63, 3.8) is 0 Å². The van der Waals surface area contributed by atoms with E-state index in [0.29, 0.717) is 6.04 Å². The molecule has 2 rings (SSSR count). The van der Waals surface area contributed by atoms with E-state index in [1.165, 1.54) is 0 Å². The molecule has 0 radical (unpaired) electrons. The zero-order valence-electron chi connectivity index (χ0n) is 12.5. The van der Waals surface area contributed by atoms with Crippen molar-refractivity contribution in [3.8, 4) is 0 Å². The van der Waals surface area contributed by atoms with Crippen molar-refractivity contribution in [2.24, 2.45) is 0 Å². The summed E-state index contributed by atoms with van der Waals surface area (Å²) in [5, 5.41) is 3.50. The molecule has 1 amide bonds. The Morgan fingerprint density at radius 3 is 2.55 bits per heavy atom. The molecule has 3 unspecified atom stereocenters. The number of carbonyl (C=O) groups excluding carboxylic acids is 1. The molecule has 1 aliphatic rings. The summed E-state index contributed by atoms with van der Waals surface area (Å²) in [6.45, 7) is 4.30. The lowest BCUT2D eigenvalue weighted by Gasteiger charge is -2.31. The Morgan fingerprint density at radius 1 is 1.30 bits per heavy atom. The number of nitrogens with zero attached hydrogens (tertiary/aromatic N) is 1. The van der Waals surface area contributed by atoms with E-state index >= 15 is 0 Å².